The van der Waals surface area contributed by atoms with Gasteiger partial charge in [-0.25, -0.2) is 14.0 Å². The maximum absolute atomic E-state index is 15.3. The van der Waals surface area contributed by atoms with Crippen LogP contribution in [-0.2, 0) is 16.1 Å². The summed E-state index contributed by atoms with van der Waals surface area (Å²) in [5.74, 6) is -1.07. The number of fused-ring (bicyclic) bond motifs is 1. The highest BCUT2D eigenvalue weighted by atomic mass is 19.1. The summed E-state index contributed by atoms with van der Waals surface area (Å²) in [6.45, 7) is -0.136. The summed E-state index contributed by atoms with van der Waals surface area (Å²) >= 11 is 0. The van der Waals surface area contributed by atoms with Crippen LogP contribution in [0, 0.1) is 5.82 Å². The molecule has 7 nitrogen and oxygen atoms in total. The van der Waals surface area contributed by atoms with Crippen molar-refractivity contribution in [1.82, 2.24) is 9.13 Å². The van der Waals surface area contributed by atoms with Gasteiger partial charge >= 0.3 is 11.7 Å². The maximum atomic E-state index is 15.3. The van der Waals surface area contributed by atoms with Crippen LogP contribution in [0.25, 0.3) is 16.5 Å². The predicted octanol–water partition coefficient (Wildman–Crippen LogP) is 5.42. The lowest BCUT2D eigenvalue weighted by Gasteiger charge is -2.25. The van der Waals surface area contributed by atoms with Crippen molar-refractivity contribution in [3.05, 3.63) is 80.8 Å². The zero-order chi connectivity index (χ0) is 26.6. The number of rotatable bonds is 7. The van der Waals surface area contributed by atoms with Crippen LogP contribution in [0.15, 0.2) is 58.1 Å². The van der Waals surface area contributed by atoms with E-state index in [9.17, 15) is 14.4 Å². The molecule has 2 saturated carbocycles. The summed E-state index contributed by atoms with van der Waals surface area (Å²) in [5, 5.41) is 3.49. The third-order valence-corrected chi connectivity index (χ3v) is 7.88. The first-order chi connectivity index (χ1) is 18.5. The molecule has 0 spiro atoms. The fraction of sp³-hybridized carbons (Fsp3) is 0.433. The Hall–Kier alpha value is -3.68. The van der Waals surface area contributed by atoms with Gasteiger partial charge in [-0.15, -0.1) is 0 Å². The van der Waals surface area contributed by atoms with E-state index < -0.39 is 23.0 Å². The Morgan fingerprint density at radius 2 is 1.71 bits per heavy atom. The van der Waals surface area contributed by atoms with Gasteiger partial charge in [0.1, 0.15) is 5.82 Å². The van der Waals surface area contributed by atoms with Crippen molar-refractivity contribution >= 4 is 28.1 Å². The molecule has 1 heterocycles. The van der Waals surface area contributed by atoms with Crippen molar-refractivity contribution in [2.45, 2.75) is 76.4 Å². The molecule has 0 radical (unpaired) electrons. The van der Waals surface area contributed by atoms with E-state index in [2.05, 4.69) is 5.32 Å². The van der Waals surface area contributed by atoms with Crippen molar-refractivity contribution in [2.75, 3.05) is 12.4 Å². The van der Waals surface area contributed by atoms with Crippen molar-refractivity contribution < 1.29 is 13.9 Å². The number of methoxy groups -OCH3 is 1. The second kappa shape index (κ2) is 11.4. The number of nitrogens with one attached hydrogen (secondary N) is 1. The normalized spacial score (nSPS) is 17.2. The fourth-order valence-electron chi connectivity index (χ4n) is 5.88. The minimum atomic E-state index is -0.573. The lowest BCUT2D eigenvalue weighted by molar-refractivity contribution is -0.133. The number of carbonyl (C=O) groups excluding carboxylic acids is 1. The number of nitrogens with zero attached hydrogens (tertiary/aromatic N) is 2. The molecule has 2 aliphatic rings. The molecule has 38 heavy (non-hydrogen) atoms. The molecule has 0 saturated heterocycles. The Balaban J connectivity index is 1.63. The van der Waals surface area contributed by atoms with Gasteiger partial charge < -0.3 is 10.1 Å². The van der Waals surface area contributed by atoms with E-state index in [-0.39, 0.29) is 29.6 Å². The maximum Gasteiger partial charge on any atom is 0.338 e. The van der Waals surface area contributed by atoms with Crippen LogP contribution in [0.2, 0.25) is 0 Å². The van der Waals surface area contributed by atoms with Gasteiger partial charge in [0.2, 0.25) is 0 Å². The molecule has 0 bridgehead atoms. The highest BCUT2D eigenvalue weighted by Crippen LogP contribution is 2.32. The van der Waals surface area contributed by atoms with E-state index >= 15 is 4.39 Å². The van der Waals surface area contributed by atoms with E-state index in [1.54, 1.807) is 34.9 Å². The molecule has 0 unspecified atom stereocenters. The van der Waals surface area contributed by atoms with Gasteiger partial charge in [0.25, 0.3) is 5.56 Å². The van der Waals surface area contributed by atoms with Gasteiger partial charge in [0.05, 0.1) is 29.3 Å². The van der Waals surface area contributed by atoms with Crippen LogP contribution in [0.5, 0.6) is 0 Å². The van der Waals surface area contributed by atoms with Gasteiger partial charge in [0.15, 0.2) is 0 Å². The highest BCUT2D eigenvalue weighted by molar-refractivity contribution is 6.16. The summed E-state index contributed by atoms with van der Waals surface area (Å²) in [4.78, 5) is 39.9. The fourth-order valence-corrected chi connectivity index (χ4v) is 5.88. The van der Waals surface area contributed by atoms with E-state index in [1.165, 1.54) is 25.7 Å². The van der Waals surface area contributed by atoms with E-state index in [0.29, 0.717) is 16.8 Å². The third kappa shape index (κ3) is 5.17. The number of hydrogen-bond donors (Lipinski definition) is 1. The Kier molecular flexibility index (Phi) is 7.77. The number of benzene rings is 2. The largest absolute Gasteiger partial charge is 0.465 e. The summed E-state index contributed by atoms with van der Waals surface area (Å²) in [7, 11) is 1.29. The number of hydrogen-bond acceptors (Lipinski definition) is 5. The zero-order valence-electron chi connectivity index (χ0n) is 21.7. The monoisotopic (exact) mass is 519 g/mol. The van der Waals surface area contributed by atoms with Crippen LogP contribution in [0.3, 0.4) is 0 Å². The number of ether oxygens (including phenoxy) is 1. The van der Waals surface area contributed by atoms with Gasteiger partial charge in [-0.3, -0.25) is 13.9 Å². The highest BCUT2D eigenvalue weighted by Gasteiger charge is 2.25. The van der Waals surface area contributed by atoms with Crippen LogP contribution in [0.1, 0.15) is 69.4 Å². The number of anilines is 1. The molecule has 0 aliphatic heterocycles. The molecule has 8 heteroatoms. The molecule has 0 atom stereocenters. The molecule has 2 aromatic carbocycles. The van der Waals surface area contributed by atoms with E-state index in [0.717, 1.165) is 55.9 Å². The second-order valence-corrected chi connectivity index (χ2v) is 10.3. The second-order valence-electron chi connectivity index (χ2n) is 10.3. The molecule has 200 valence electrons. The standard InChI is InChI=1S/C30H34FN3O4/c1-38-29(36)23(20-10-4-2-5-11-20)16-17-33-28(35)24-18-25(31)26(32-21-12-6-3-7-13-21)19-27(24)34(30(33)37)22-14-8-9-15-22/h2,4-5,10-11,16,18-19,21-22,32H,3,6-9,12-15,17H2,1H3. The van der Waals surface area contributed by atoms with Crippen molar-refractivity contribution in [3.8, 4) is 0 Å². The molecule has 0 amide bonds. The summed E-state index contributed by atoms with van der Waals surface area (Å²) in [5.41, 5.74) is 0.653. The molecule has 1 N–H and O–H groups in total. The number of allylic oxidation sites excluding steroid dienone is 1. The number of halogens is 1. The van der Waals surface area contributed by atoms with Crippen LogP contribution >= 0.6 is 0 Å². The minimum absolute atomic E-state index is 0.0666. The minimum Gasteiger partial charge on any atom is -0.465 e. The molecular weight excluding hydrogens is 485 g/mol. The molecule has 2 aliphatic carbocycles. The van der Waals surface area contributed by atoms with Crippen molar-refractivity contribution in [2.24, 2.45) is 0 Å². The van der Waals surface area contributed by atoms with Gasteiger partial charge in [-0.2, -0.15) is 0 Å². The van der Waals surface area contributed by atoms with Gasteiger partial charge in [-0.05, 0) is 49.5 Å². The average molecular weight is 520 g/mol. The van der Waals surface area contributed by atoms with Gasteiger partial charge in [0, 0.05) is 18.6 Å². The Labute approximate surface area is 220 Å². The van der Waals surface area contributed by atoms with Crippen LogP contribution in [0.4, 0.5) is 10.1 Å². The van der Waals surface area contributed by atoms with E-state index in [1.807, 2.05) is 6.07 Å². The molecule has 1 aromatic heterocycles. The summed E-state index contributed by atoms with van der Waals surface area (Å²) in [6.07, 6.45) is 10.5. The summed E-state index contributed by atoms with van der Waals surface area (Å²) < 4.78 is 23.0. The smallest absolute Gasteiger partial charge is 0.338 e. The number of aromatic nitrogens is 2. The molecular formula is C30H34FN3O4. The lowest BCUT2D eigenvalue weighted by Crippen LogP contribution is -2.41. The first kappa shape index (κ1) is 25.9. The topological polar surface area (TPSA) is 82.3 Å². The molecule has 2 fully saturated rings. The first-order valence-corrected chi connectivity index (χ1v) is 13.6. The number of esters is 1. The Morgan fingerprint density at radius 1 is 1.03 bits per heavy atom. The summed E-state index contributed by atoms with van der Waals surface area (Å²) in [6, 6.07) is 12.0. The molecule has 3 aromatic rings. The quantitative estimate of drug-likeness (QED) is 0.333. The molecule has 5 rings (SSSR count). The Bertz CT molecular complexity index is 1460. The Morgan fingerprint density at radius 3 is 2.39 bits per heavy atom. The average Bonchev–Trinajstić information content (AvgIpc) is 3.47. The van der Waals surface area contributed by atoms with Crippen molar-refractivity contribution in [1.29, 1.82) is 0 Å². The van der Waals surface area contributed by atoms with E-state index in [4.69, 9.17) is 4.74 Å². The number of carbonyl (C=O) groups is 1. The zero-order valence-corrected chi connectivity index (χ0v) is 21.7. The predicted molar refractivity (Wildman–Crippen MR) is 147 cm³/mol. The van der Waals surface area contributed by atoms with Crippen LogP contribution < -0.4 is 16.6 Å². The van der Waals surface area contributed by atoms with Gasteiger partial charge in [-0.1, -0.05) is 62.4 Å². The third-order valence-electron chi connectivity index (χ3n) is 7.88. The van der Waals surface area contributed by atoms with Crippen LogP contribution in [-0.4, -0.2) is 28.3 Å². The first-order valence-electron chi connectivity index (χ1n) is 13.6. The van der Waals surface area contributed by atoms with Crippen molar-refractivity contribution in [3.63, 3.8) is 0 Å². The lowest BCUT2D eigenvalue weighted by atomic mass is 9.95. The SMILES string of the molecule is COC(=O)C(=CCn1c(=O)c2cc(F)c(NC3CCCCC3)cc2n(C2CCCC2)c1=O)c1ccccc1.